The van der Waals surface area contributed by atoms with Gasteiger partial charge in [0.1, 0.15) is 83.3 Å². The number of rotatable bonds is 7. The summed E-state index contributed by atoms with van der Waals surface area (Å²) in [5.41, 5.74) is -0.241. The fourth-order valence-electron chi connectivity index (χ4n) is 4.79. The highest BCUT2D eigenvalue weighted by atomic mass is 16.7. The molecule has 2 saturated heterocycles. The zero-order valence-electron chi connectivity index (χ0n) is 21.7. The average molecular weight is 595 g/mol. The quantitative estimate of drug-likeness (QED) is 0.137. The number of aliphatic hydroxyl groups excluding tert-OH is 8. The first kappa shape index (κ1) is 30.1. The largest absolute Gasteiger partial charge is 0.507 e. The SMILES string of the molecule is O=c1c(-c2ccc(O[C@H]3O[C@@H](CO)[C@H](O)[C@@H](O)[C@@H]3O)cc2)coc2cc(O[C@@H]3O[C@H](CO)[C@@H](O)[C@H](O)[C@H]3O)cc(O)c12. The lowest BCUT2D eigenvalue weighted by Crippen LogP contribution is -2.60. The fourth-order valence-corrected chi connectivity index (χ4v) is 4.79. The van der Waals surface area contributed by atoms with E-state index in [-0.39, 0.29) is 28.0 Å². The molecule has 3 heterocycles. The van der Waals surface area contributed by atoms with E-state index < -0.39 is 85.8 Å². The Labute approximate surface area is 236 Å². The maximum atomic E-state index is 13.3. The van der Waals surface area contributed by atoms with Crippen LogP contribution in [0.5, 0.6) is 17.2 Å². The van der Waals surface area contributed by atoms with E-state index in [1.54, 1.807) is 0 Å². The van der Waals surface area contributed by atoms with Crippen LogP contribution in [0.3, 0.4) is 0 Å². The monoisotopic (exact) mass is 594 g/mol. The highest BCUT2D eigenvalue weighted by Gasteiger charge is 2.45. The Kier molecular flexibility index (Phi) is 8.68. The third-order valence-electron chi connectivity index (χ3n) is 7.20. The van der Waals surface area contributed by atoms with E-state index in [1.165, 1.54) is 30.3 Å². The Morgan fingerprint density at radius 2 is 1.21 bits per heavy atom. The molecule has 0 amide bonds. The van der Waals surface area contributed by atoms with Crippen LogP contribution in [-0.2, 0) is 9.47 Å². The molecule has 0 unspecified atom stereocenters. The Morgan fingerprint density at radius 3 is 1.74 bits per heavy atom. The molecule has 0 radical (unpaired) electrons. The molecule has 0 aliphatic carbocycles. The Morgan fingerprint density at radius 1 is 0.690 bits per heavy atom. The number of aromatic hydroxyl groups is 1. The molecule has 2 fully saturated rings. The van der Waals surface area contributed by atoms with Crippen molar-refractivity contribution in [2.75, 3.05) is 13.2 Å². The predicted octanol–water partition coefficient (Wildman–Crippen LogP) is -2.48. The number of hydrogen-bond donors (Lipinski definition) is 9. The Balaban J connectivity index is 1.35. The standard InChI is InChI=1S/C27H30O15/c28-7-16-20(32)22(34)24(36)26(41-16)39-11-3-1-10(2-4-11)13-9-38-15-6-12(5-14(30)18(15)19(13)31)40-27-25(37)23(35)21(33)17(8-29)42-27/h1-6,9,16-17,20-30,32-37H,7-8H2/t16-,17+,20-,21+,22+,23-,24-,25+,26-,27+/m0/s1. The van der Waals surface area contributed by atoms with Gasteiger partial charge in [0, 0.05) is 12.1 Å². The van der Waals surface area contributed by atoms with Gasteiger partial charge in [0.05, 0.1) is 18.8 Å². The second-order valence-electron chi connectivity index (χ2n) is 9.95. The molecule has 2 aliphatic heterocycles. The average Bonchev–Trinajstić information content (AvgIpc) is 2.98. The van der Waals surface area contributed by atoms with Crippen molar-refractivity contribution in [3.8, 4) is 28.4 Å². The van der Waals surface area contributed by atoms with E-state index >= 15 is 0 Å². The molecule has 10 atom stereocenters. The minimum Gasteiger partial charge on any atom is -0.507 e. The van der Waals surface area contributed by atoms with Crippen LogP contribution in [0.2, 0.25) is 0 Å². The zero-order chi connectivity index (χ0) is 30.3. The molecule has 0 bridgehead atoms. The molecule has 42 heavy (non-hydrogen) atoms. The van der Waals surface area contributed by atoms with Gasteiger partial charge in [-0.3, -0.25) is 4.79 Å². The van der Waals surface area contributed by atoms with E-state index in [4.69, 9.17) is 23.4 Å². The molecule has 228 valence electrons. The fraction of sp³-hybridized carbons (Fsp3) is 0.444. The molecule has 2 aliphatic rings. The highest BCUT2D eigenvalue weighted by Crippen LogP contribution is 2.33. The van der Waals surface area contributed by atoms with Gasteiger partial charge in [-0.05, 0) is 17.7 Å². The molecule has 15 nitrogen and oxygen atoms in total. The van der Waals surface area contributed by atoms with Gasteiger partial charge in [0.25, 0.3) is 0 Å². The predicted molar refractivity (Wildman–Crippen MR) is 138 cm³/mol. The van der Waals surface area contributed by atoms with Crippen molar-refractivity contribution < 1.29 is 69.3 Å². The topological polar surface area (TPSA) is 249 Å². The summed E-state index contributed by atoms with van der Waals surface area (Å²) in [7, 11) is 0. The molecule has 0 saturated carbocycles. The first-order valence-corrected chi connectivity index (χ1v) is 12.9. The number of fused-ring (bicyclic) bond motifs is 1. The normalized spacial score (nSPS) is 33.4. The van der Waals surface area contributed by atoms with E-state index in [2.05, 4.69) is 0 Å². The first-order valence-electron chi connectivity index (χ1n) is 12.9. The van der Waals surface area contributed by atoms with Gasteiger partial charge in [-0.15, -0.1) is 0 Å². The lowest BCUT2D eigenvalue weighted by molar-refractivity contribution is -0.277. The van der Waals surface area contributed by atoms with E-state index in [9.17, 15) is 50.8 Å². The minimum atomic E-state index is -1.69. The summed E-state index contributed by atoms with van der Waals surface area (Å²) in [6.07, 6.45) is -13.8. The molecular formula is C27H30O15. The van der Waals surface area contributed by atoms with Crippen molar-refractivity contribution in [3.05, 3.63) is 52.9 Å². The van der Waals surface area contributed by atoms with Crippen LogP contribution < -0.4 is 14.9 Å². The maximum Gasteiger partial charge on any atom is 0.229 e. The van der Waals surface area contributed by atoms with Crippen molar-refractivity contribution >= 4 is 11.0 Å². The second kappa shape index (κ2) is 12.1. The number of aliphatic hydroxyl groups is 8. The maximum absolute atomic E-state index is 13.3. The summed E-state index contributed by atoms with van der Waals surface area (Å²) in [5, 5.41) is 89.2. The summed E-state index contributed by atoms with van der Waals surface area (Å²) < 4.78 is 27.3. The van der Waals surface area contributed by atoms with Gasteiger partial charge < -0.3 is 69.3 Å². The van der Waals surface area contributed by atoms with Crippen LogP contribution in [0.4, 0.5) is 0 Å². The summed E-state index contributed by atoms with van der Waals surface area (Å²) in [4.78, 5) is 13.3. The smallest absolute Gasteiger partial charge is 0.229 e. The van der Waals surface area contributed by atoms with Crippen molar-refractivity contribution in [2.24, 2.45) is 0 Å². The van der Waals surface area contributed by atoms with Crippen LogP contribution in [0, 0.1) is 0 Å². The zero-order valence-corrected chi connectivity index (χ0v) is 21.7. The Bertz CT molecular complexity index is 1440. The summed E-state index contributed by atoms with van der Waals surface area (Å²) >= 11 is 0. The van der Waals surface area contributed by atoms with E-state index in [1.807, 2.05) is 0 Å². The number of benzene rings is 2. The number of phenolic OH excluding ortho intramolecular Hbond substituents is 1. The summed E-state index contributed by atoms with van der Waals surface area (Å²) in [5.74, 6) is -0.453. The van der Waals surface area contributed by atoms with Gasteiger partial charge in [-0.1, -0.05) is 12.1 Å². The molecule has 9 N–H and O–H groups in total. The van der Waals surface area contributed by atoms with Gasteiger partial charge in [0.15, 0.2) is 0 Å². The lowest BCUT2D eigenvalue weighted by atomic mass is 9.99. The van der Waals surface area contributed by atoms with Crippen LogP contribution in [0.1, 0.15) is 0 Å². The molecule has 5 rings (SSSR count). The lowest BCUT2D eigenvalue weighted by Gasteiger charge is -2.39. The first-order chi connectivity index (χ1) is 20.0. The van der Waals surface area contributed by atoms with Gasteiger partial charge >= 0.3 is 0 Å². The minimum absolute atomic E-state index is 0.0693. The number of hydrogen-bond acceptors (Lipinski definition) is 15. The van der Waals surface area contributed by atoms with Gasteiger partial charge in [-0.25, -0.2) is 0 Å². The molecule has 3 aromatic rings. The molecule has 2 aromatic carbocycles. The van der Waals surface area contributed by atoms with Crippen molar-refractivity contribution in [2.45, 2.75) is 61.4 Å². The number of ether oxygens (including phenoxy) is 4. The van der Waals surface area contributed by atoms with Crippen LogP contribution >= 0.6 is 0 Å². The van der Waals surface area contributed by atoms with Gasteiger partial charge in [-0.2, -0.15) is 0 Å². The Hall–Kier alpha value is -3.35. The van der Waals surface area contributed by atoms with Crippen LogP contribution in [0.15, 0.2) is 51.9 Å². The second-order valence-corrected chi connectivity index (χ2v) is 9.95. The van der Waals surface area contributed by atoms with Crippen molar-refractivity contribution in [3.63, 3.8) is 0 Å². The van der Waals surface area contributed by atoms with Gasteiger partial charge in [0.2, 0.25) is 18.0 Å². The molecular weight excluding hydrogens is 564 g/mol. The van der Waals surface area contributed by atoms with Crippen molar-refractivity contribution in [1.29, 1.82) is 0 Å². The van der Waals surface area contributed by atoms with Crippen LogP contribution in [0.25, 0.3) is 22.1 Å². The highest BCUT2D eigenvalue weighted by molar-refractivity contribution is 5.88. The molecule has 15 heteroatoms. The third kappa shape index (κ3) is 5.55. The number of phenols is 1. The third-order valence-corrected chi connectivity index (χ3v) is 7.20. The summed E-state index contributed by atoms with van der Waals surface area (Å²) in [6, 6.07) is 8.19. The molecule has 0 spiro atoms. The van der Waals surface area contributed by atoms with E-state index in [0.29, 0.717) is 5.56 Å². The molecule has 1 aromatic heterocycles. The summed E-state index contributed by atoms with van der Waals surface area (Å²) in [6.45, 7) is -1.28. The van der Waals surface area contributed by atoms with Crippen molar-refractivity contribution in [1.82, 2.24) is 0 Å². The van der Waals surface area contributed by atoms with E-state index in [0.717, 1.165) is 12.3 Å². The van der Waals surface area contributed by atoms with Crippen LogP contribution in [-0.4, -0.2) is 121 Å².